The molecule has 124 valence electrons. The van der Waals surface area contributed by atoms with Crippen molar-refractivity contribution in [3.63, 3.8) is 0 Å². The Bertz CT molecular complexity index is 605. The standard InChI is InChI=1S/C14H22N2O5S/c1-5-22(19,20)10-6-7-11(15-8-10)12(9-17)16-13(18)21-14(2,3)4/h6-8,12,17H,5,9H2,1-4H3,(H,16,18)/t12-/m0/s1. The minimum atomic E-state index is -3.33. The minimum absolute atomic E-state index is 0.0202. The molecule has 2 N–H and O–H groups in total. The Kier molecular flexibility index (Phi) is 5.90. The molecule has 1 amide bonds. The number of hydrogen-bond acceptors (Lipinski definition) is 6. The third-order valence-electron chi connectivity index (χ3n) is 2.73. The lowest BCUT2D eigenvalue weighted by atomic mass is 10.2. The Morgan fingerprint density at radius 3 is 2.45 bits per heavy atom. The second-order valence-electron chi connectivity index (χ2n) is 5.70. The predicted molar refractivity (Wildman–Crippen MR) is 81.2 cm³/mol. The van der Waals surface area contributed by atoms with Gasteiger partial charge in [-0.1, -0.05) is 6.92 Å². The maximum atomic E-state index is 11.7. The van der Waals surface area contributed by atoms with Crippen LogP contribution in [0.15, 0.2) is 23.2 Å². The normalized spacial score (nSPS) is 13.5. The molecule has 0 unspecified atom stereocenters. The molecule has 1 aromatic heterocycles. The molecule has 0 fully saturated rings. The van der Waals surface area contributed by atoms with Crippen LogP contribution < -0.4 is 5.32 Å². The number of alkyl carbamates (subject to hydrolysis) is 1. The summed E-state index contributed by atoms with van der Waals surface area (Å²) in [5, 5.41) is 11.9. The summed E-state index contributed by atoms with van der Waals surface area (Å²) in [6.07, 6.45) is 0.534. The van der Waals surface area contributed by atoms with Crippen molar-refractivity contribution in [2.45, 2.75) is 44.2 Å². The van der Waals surface area contributed by atoms with E-state index in [1.165, 1.54) is 18.3 Å². The molecule has 0 saturated heterocycles. The van der Waals surface area contributed by atoms with Crippen LogP contribution in [-0.4, -0.2) is 42.6 Å². The fourth-order valence-electron chi connectivity index (χ4n) is 1.61. The van der Waals surface area contributed by atoms with Gasteiger partial charge in [0.15, 0.2) is 9.84 Å². The zero-order valence-electron chi connectivity index (χ0n) is 13.2. The molecule has 0 aromatic carbocycles. The summed E-state index contributed by atoms with van der Waals surface area (Å²) in [4.78, 5) is 15.8. The van der Waals surface area contributed by atoms with Crippen molar-refractivity contribution in [1.29, 1.82) is 0 Å². The SMILES string of the molecule is CCS(=O)(=O)c1ccc([C@H](CO)NC(=O)OC(C)(C)C)nc1. The molecule has 1 aromatic rings. The fraction of sp³-hybridized carbons (Fsp3) is 0.571. The van der Waals surface area contributed by atoms with Crippen LogP contribution in [0.1, 0.15) is 39.4 Å². The lowest BCUT2D eigenvalue weighted by molar-refractivity contribution is 0.0480. The van der Waals surface area contributed by atoms with Crippen LogP contribution in [0, 0.1) is 0 Å². The van der Waals surface area contributed by atoms with E-state index in [4.69, 9.17) is 4.74 Å². The summed E-state index contributed by atoms with van der Waals surface area (Å²) >= 11 is 0. The van der Waals surface area contributed by atoms with Crippen molar-refractivity contribution in [2.75, 3.05) is 12.4 Å². The molecular formula is C14H22N2O5S. The Hall–Kier alpha value is -1.67. The van der Waals surface area contributed by atoms with Crippen LogP contribution in [0.5, 0.6) is 0 Å². The van der Waals surface area contributed by atoms with Crippen molar-refractivity contribution in [2.24, 2.45) is 0 Å². The fourth-order valence-corrected chi connectivity index (χ4v) is 2.43. The van der Waals surface area contributed by atoms with E-state index in [-0.39, 0.29) is 17.3 Å². The van der Waals surface area contributed by atoms with Gasteiger partial charge < -0.3 is 15.2 Å². The van der Waals surface area contributed by atoms with Gasteiger partial charge in [-0.25, -0.2) is 13.2 Å². The number of carbonyl (C=O) groups excluding carboxylic acids is 1. The number of amides is 1. The number of nitrogens with one attached hydrogen (secondary N) is 1. The summed E-state index contributed by atoms with van der Waals surface area (Å²) in [6, 6.07) is 2.09. The predicted octanol–water partition coefficient (Wildman–Crippen LogP) is 1.43. The molecular weight excluding hydrogens is 308 g/mol. The average Bonchev–Trinajstić information content (AvgIpc) is 2.43. The lowest BCUT2D eigenvalue weighted by Crippen LogP contribution is -2.36. The Morgan fingerprint density at radius 2 is 2.05 bits per heavy atom. The Morgan fingerprint density at radius 1 is 1.41 bits per heavy atom. The zero-order valence-corrected chi connectivity index (χ0v) is 14.0. The second kappa shape index (κ2) is 7.06. The number of sulfone groups is 1. The van der Waals surface area contributed by atoms with Crippen molar-refractivity contribution in [1.82, 2.24) is 10.3 Å². The van der Waals surface area contributed by atoms with Gasteiger partial charge in [0.25, 0.3) is 0 Å². The molecule has 1 rings (SSSR count). The van der Waals surface area contributed by atoms with Gasteiger partial charge in [0.05, 0.1) is 29.0 Å². The van der Waals surface area contributed by atoms with Gasteiger partial charge in [0.2, 0.25) is 0 Å². The number of rotatable bonds is 5. The summed E-state index contributed by atoms with van der Waals surface area (Å²) < 4.78 is 28.5. The van der Waals surface area contributed by atoms with E-state index < -0.39 is 27.6 Å². The van der Waals surface area contributed by atoms with Gasteiger partial charge in [-0.05, 0) is 32.9 Å². The lowest BCUT2D eigenvalue weighted by Gasteiger charge is -2.22. The molecule has 22 heavy (non-hydrogen) atoms. The number of pyridine rings is 1. The van der Waals surface area contributed by atoms with E-state index in [0.717, 1.165) is 0 Å². The third kappa shape index (κ3) is 5.27. The van der Waals surface area contributed by atoms with Gasteiger partial charge in [-0.2, -0.15) is 0 Å². The number of hydrogen-bond donors (Lipinski definition) is 2. The first-order valence-electron chi connectivity index (χ1n) is 6.88. The molecule has 1 atom stereocenters. The Labute approximate surface area is 130 Å². The molecule has 0 aliphatic heterocycles. The highest BCUT2D eigenvalue weighted by molar-refractivity contribution is 7.91. The smallest absolute Gasteiger partial charge is 0.408 e. The molecule has 0 radical (unpaired) electrons. The highest BCUT2D eigenvalue weighted by Gasteiger charge is 2.21. The quantitative estimate of drug-likeness (QED) is 0.846. The number of aliphatic hydroxyl groups is 1. The van der Waals surface area contributed by atoms with E-state index >= 15 is 0 Å². The molecule has 1 heterocycles. The second-order valence-corrected chi connectivity index (χ2v) is 7.98. The maximum Gasteiger partial charge on any atom is 0.408 e. The van der Waals surface area contributed by atoms with E-state index in [1.54, 1.807) is 27.7 Å². The maximum absolute atomic E-state index is 11.7. The topological polar surface area (TPSA) is 106 Å². The van der Waals surface area contributed by atoms with Crippen LogP contribution in [0.2, 0.25) is 0 Å². The molecule has 7 nitrogen and oxygen atoms in total. The zero-order chi connectivity index (χ0) is 17.0. The van der Waals surface area contributed by atoms with Crippen LogP contribution in [0.25, 0.3) is 0 Å². The van der Waals surface area contributed by atoms with Crippen molar-refractivity contribution < 1.29 is 23.1 Å². The minimum Gasteiger partial charge on any atom is -0.444 e. The monoisotopic (exact) mass is 330 g/mol. The van der Waals surface area contributed by atoms with E-state index in [0.29, 0.717) is 5.69 Å². The summed E-state index contributed by atoms with van der Waals surface area (Å²) in [5.41, 5.74) is -0.306. The van der Waals surface area contributed by atoms with Crippen molar-refractivity contribution in [3.8, 4) is 0 Å². The first kappa shape index (κ1) is 18.4. The van der Waals surface area contributed by atoms with E-state index in [1.807, 2.05) is 0 Å². The largest absolute Gasteiger partial charge is 0.444 e. The van der Waals surface area contributed by atoms with Crippen LogP contribution in [0.4, 0.5) is 4.79 Å². The number of aliphatic hydroxyl groups excluding tert-OH is 1. The molecule has 0 saturated carbocycles. The van der Waals surface area contributed by atoms with Crippen LogP contribution in [-0.2, 0) is 14.6 Å². The highest BCUT2D eigenvalue weighted by Crippen LogP contribution is 2.15. The third-order valence-corrected chi connectivity index (χ3v) is 4.45. The summed E-state index contributed by atoms with van der Waals surface area (Å²) in [7, 11) is -3.33. The summed E-state index contributed by atoms with van der Waals surface area (Å²) in [6.45, 7) is 6.34. The molecule has 0 bridgehead atoms. The van der Waals surface area contributed by atoms with Gasteiger partial charge in [-0.3, -0.25) is 4.98 Å². The van der Waals surface area contributed by atoms with Crippen molar-refractivity contribution in [3.05, 3.63) is 24.0 Å². The number of nitrogens with zero attached hydrogens (tertiary/aromatic N) is 1. The van der Waals surface area contributed by atoms with E-state index in [9.17, 15) is 18.3 Å². The summed E-state index contributed by atoms with van der Waals surface area (Å²) in [5.74, 6) is -0.0202. The first-order chi connectivity index (χ1) is 10.1. The molecule has 8 heteroatoms. The first-order valence-corrected chi connectivity index (χ1v) is 8.53. The van der Waals surface area contributed by atoms with Crippen LogP contribution in [0.3, 0.4) is 0 Å². The van der Waals surface area contributed by atoms with Gasteiger partial charge in [-0.15, -0.1) is 0 Å². The van der Waals surface area contributed by atoms with Crippen molar-refractivity contribution >= 4 is 15.9 Å². The molecule has 0 aliphatic carbocycles. The average molecular weight is 330 g/mol. The molecule has 0 aliphatic rings. The number of ether oxygens (including phenoxy) is 1. The molecule has 0 spiro atoms. The van der Waals surface area contributed by atoms with E-state index in [2.05, 4.69) is 10.3 Å². The number of carbonyl (C=O) groups is 1. The Balaban J connectivity index is 2.86. The van der Waals surface area contributed by atoms with Gasteiger partial charge in [0.1, 0.15) is 5.60 Å². The van der Waals surface area contributed by atoms with Gasteiger partial charge >= 0.3 is 6.09 Å². The number of aromatic nitrogens is 1. The van der Waals surface area contributed by atoms with Crippen LogP contribution >= 0.6 is 0 Å². The highest BCUT2D eigenvalue weighted by atomic mass is 32.2. The van der Waals surface area contributed by atoms with Gasteiger partial charge in [0, 0.05) is 6.20 Å².